The minimum atomic E-state index is -3.99. The molecular formula is C22H22F2N4O5S. The van der Waals surface area contributed by atoms with Crippen molar-refractivity contribution in [2.45, 2.75) is 31.6 Å². The lowest BCUT2D eigenvalue weighted by Gasteiger charge is -2.30. The predicted molar refractivity (Wildman–Crippen MR) is 118 cm³/mol. The quantitative estimate of drug-likeness (QED) is 0.556. The molecular weight excluding hydrogens is 470 g/mol. The highest BCUT2D eigenvalue weighted by Crippen LogP contribution is 2.30. The molecule has 12 heteroatoms. The Balaban J connectivity index is 1.47. The normalized spacial score (nSPS) is 15.8. The van der Waals surface area contributed by atoms with E-state index in [2.05, 4.69) is 15.6 Å². The zero-order chi connectivity index (χ0) is 24.5. The van der Waals surface area contributed by atoms with E-state index >= 15 is 0 Å². The molecule has 1 fully saturated rings. The summed E-state index contributed by atoms with van der Waals surface area (Å²) in [6.07, 6.45) is 3.20. The standard InChI is InChI=1S/C22H22F2N4O5S/c1-13-11-20(27-32-13)25-22(29)16-7-9-28(10-8-16)34(30,31)21-14(2)26-33-19(21)6-4-15-3-5-17(23)12-18(15)24/h3-6,11-12,16H,7-10H2,1-2H3,(H,25,27,29)/b6-4+. The van der Waals surface area contributed by atoms with Crippen molar-refractivity contribution >= 4 is 33.9 Å². The van der Waals surface area contributed by atoms with Gasteiger partial charge < -0.3 is 14.4 Å². The van der Waals surface area contributed by atoms with Crippen LogP contribution in [0.3, 0.4) is 0 Å². The smallest absolute Gasteiger partial charge is 0.248 e. The van der Waals surface area contributed by atoms with Gasteiger partial charge >= 0.3 is 0 Å². The van der Waals surface area contributed by atoms with E-state index in [1.54, 1.807) is 13.0 Å². The van der Waals surface area contributed by atoms with Crippen LogP contribution in [0, 0.1) is 31.4 Å². The predicted octanol–water partition coefficient (Wildman–Crippen LogP) is 3.77. The summed E-state index contributed by atoms with van der Waals surface area (Å²) in [6, 6.07) is 4.65. The molecule has 1 aromatic carbocycles. The molecule has 4 rings (SSSR count). The van der Waals surface area contributed by atoms with Crippen molar-refractivity contribution in [1.82, 2.24) is 14.6 Å². The van der Waals surface area contributed by atoms with E-state index in [4.69, 9.17) is 9.05 Å². The lowest BCUT2D eigenvalue weighted by Crippen LogP contribution is -2.41. The maximum Gasteiger partial charge on any atom is 0.248 e. The van der Waals surface area contributed by atoms with E-state index < -0.39 is 21.7 Å². The molecule has 180 valence electrons. The molecule has 1 saturated heterocycles. The second-order valence-corrected chi connectivity index (χ2v) is 9.83. The first-order valence-corrected chi connectivity index (χ1v) is 11.9. The SMILES string of the molecule is Cc1cc(NC(=O)C2CCN(S(=O)(=O)c3c(C)noc3/C=C/c3ccc(F)cc3F)CC2)no1. The second kappa shape index (κ2) is 9.47. The van der Waals surface area contributed by atoms with Gasteiger partial charge in [-0.3, -0.25) is 4.79 Å². The van der Waals surface area contributed by atoms with Gasteiger partial charge in [-0.1, -0.05) is 10.3 Å². The van der Waals surface area contributed by atoms with Gasteiger partial charge in [0.2, 0.25) is 15.9 Å². The minimum Gasteiger partial charge on any atom is -0.360 e. The molecule has 0 saturated carbocycles. The van der Waals surface area contributed by atoms with Crippen molar-refractivity contribution in [2.24, 2.45) is 5.92 Å². The van der Waals surface area contributed by atoms with Crippen LogP contribution in [0.5, 0.6) is 0 Å². The summed E-state index contributed by atoms with van der Waals surface area (Å²) in [4.78, 5) is 12.4. The average molecular weight is 493 g/mol. The summed E-state index contributed by atoms with van der Waals surface area (Å²) in [6.45, 7) is 3.45. The van der Waals surface area contributed by atoms with Crippen molar-refractivity contribution in [3.05, 3.63) is 58.7 Å². The topological polar surface area (TPSA) is 119 Å². The summed E-state index contributed by atoms with van der Waals surface area (Å²) in [7, 11) is -3.99. The van der Waals surface area contributed by atoms with E-state index in [0.29, 0.717) is 24.4 Å². The number of halogens is 2. The summed E-state index contributed by atoms with van der Waals surface area (Å²) in [5.41, 5.74) is 0.216. The highest BCUT2D eigenvalue weighted by molar-refractivity contribution is 7.89. The Morgan fingerprint density at radius 1 is 1.12 bits per heavy atom. The zero-order valence-electron chi connectivity index (χ0n) is 18.4. The molecule has 0 bridgehead atoms. The number of piperidine rings is 1. The van der Waals surface area contributed by atoms with Crippen LogP contribution in [-0.2, 0) is 14.8 Å². The van der Waals surface area contributed by atoms with Gasteiger partial charge in [0, 0.05) is 36.7 Å². The van der Waals surface area contributed by atoms with Crippen LogP contribution in [-0.4, -0.2) is 42.0 Å². The molecule has 0 spiro atoms. The Bertz CT molecular complexity index is 1340. The van der Waals surface area contributed by atoms with Gasteiger partial charge in [0.05, 0.1) is 0 Å². The molecule has 9 nitrogen and oxygen atoms in total. The van der Waals surface area contributed by atoms with Crippen molar-refractivity contribution in [2.75, 3.05) is 18.4 Å². The molecule has 0 aliphatic carbocycles. The Morgan fingerprint density at radius 2 is 1.85 bits per heavy atom. The first kappa shape index (κ1) is 23.8. The van der Waals surface area contributed by atoms with Crippen molar-refractivity contribution in [1.29, 1.82) is 0 Å². The average Bonchev–Trinajstić information content (AvgIpc) is 3.38. The van der Waals surface area contributed by atoms with Crippen LogP contribution in [0.1, 0.15) is 35.6 Å². The number of carbonyl (C=O) groups is 1. The number of benzene rings is 1. The molecule has 1 N–H and O–H groups in total. The Morgan fingerprint density at radius 3 is 2.50 bits per heavy atom. The molecule has 1 amide bonds. The number of rotatable bonds is 6. The number of hydrogen-bond donors (Lipinski definition) is 1. The minimum absolute atomic E-state index is 0.0629. The zero-order valence-corrected chi connectivity index (χ0v) is 19.2. The number of anilines is 1. The Kier molecular flexibility index (Phi) is 6.62. The first-order chi connectivity index (χ1) is 16.1. The van der Waals surface area contributed by atoms with Crippen LogP contribution >= 0.6 is 0 Å². The van der Waals surface area contributed by atoms with Gasteiger partial charge in [0.25, 0.3) is 0 Å². The highest BCUT2D eigenvalue weighted by atomic mass is 32.2. The number of aromatic nitrogens is 2. The van der Waals surface area contributed by atoms with Crippen LogP contribution in [0.15, 0.2) is 38.2 Å². The molecule has 0 radical (unpaired) electrons. The Hall–Kier alpha value is -3.38. The summed E-state index contributed by atoms with van der Waals surface area (Å²) in [5.74, 6) is -1.34. The number of sulfonamides is 1. The number of carbonyl (C=O) groups excluding carboxylic acids is 1. The summed E-state index contributed by atoms with van der Waals surface area (Å²) in [5, 5.41) is 10.2. The van der Waals surface area contributed by atoms with Crippen LogP contribution in [0.2, 0.25) is 0 Å². The van der Waals surface area contributed by atoms with E-state index in [9.17, 15) is 22.0 Å². The lowest BCUT2D eigenvalue weighted by atomic mass is 9.97. The van der Waals surface area contributed by atoms with Gasteiger partial charge in [-0.25, -0.2) is 17.2 Å². The van der Waals surface area contributed by atoms with Crippen molar-refractivity contribution < 1.29 is 31.0 Å². The number of nitrogens with one attached hydrogen (secondary N) is 1. The van der Waals surface area contributed by atoms with Gasteiger partial charge in [0.15, 0.2) is 16.5 Å². The largest absolute Gasteiger partial charge is 0.360 e. The molecule has 1 aliphatic heterocycles. The van der Waals surface area contributed by atoms with Gasteiger partial charge in [0.1, 0.15) is 23.1 Å². The summed E-state index contributed by atoms with van der Waals surface area (Å²) < 4.78 is 65.1. The number of hydrogen-bond acceptors (Lipinski definition) is 7. The van der Waals surface area contributed by atoms with E-state index in [0.717, 1.165) is 12.1 Å². The highest BCUT2D eigenvalue weighted by Gasteiger charge is 2.36. The fraction of sp³-hybridized carbons (Fsp3) is 0.318. The maximum absolute atomic E-state index is 13.9. The van der Waals surface area contributed by atoms with Crippen molar-refractivity contribution in [3.63, 3.8) is 0 Å². The van der Waals surface area contributed by atoms with Crippen LogP contribution in [0.25, 0.3) is 12.2 Å². The summed E-state index contributed by atoms with van der Waals surface area (Å²) >= 11 is 0. The number of aryl methyl sites for hydroxylation is 2. The van der Waals surface area contributed by atoms with Crippen LogP contribution in [0.4, 0.5) is 14.6 Å². The maximum atomic E-state index is 13.9. The van der Waals surface area contributed by atoms with Crippen LogP contribution < -0.4 is 5.32 Å². The number of amides is 1. The number of nitrogens with zero attached hydrogens (tertiary/aromatic N) is 3. The third-order valence-electron chi connectivity index (χ3n) is 5.51. The van der Waals surface area contributed by atoms with Gasteiger partial charge in [-0.15, -0.1) is 0 Å². The third kappa shape index (κ3) is 4.92. The fourth-order valence-electron chi connectivity index (χ4n) is 3.74. The van der Waals surface area contributed by atoms with Gasteiger partial charge in [-0.2, -0.15) is 4.31 Å². The van der Waals surface area contributed by atoms with Gasteiger partial charge in [-0.05, 0) is 51.0 Å². The monoisotopic (exact) mass is 492 g/mol. The van der Waals surface area contributed by atoms with E-state index in [1.165, 1.54) is 29.4 Å². The van der Waals surface area contributed by atoms with Crippen molar-refractivity contribution in [3.8, 4) is 0 Å². The lowest BCUT2D eigenvalue weighted by molar-refractivity contribution is -0.120. The third-order valence-corrected chi connectivity index (χ3v) is 7.57. The van der Waals surface area contributed by atoms with E-state index in [1.807, 2.05) is 0 Å². The molecule has 3 heterocycles. The molecule has 1 aliphatic rings. The second-order valence-electron chi connectivity index (χ2n) is 7.95. The molecule has 0 unspecified atom stereocenters. The Labute approximate surface area is 194 Å². The molecule has 34 heavy (non-hydrogen) atoms. The van der Waals surface area contributed by atoms with E-state index in [-0.39, 0.29) is 46.8 Å². The molecule has 2 aromatic heterocycles. The fourth-order valence-corrected chi connectivity index (χ4v) is 5.46. The molecule has 3 aromatic rings. The first-order valence-electron chi connectivity index (χ1n) is 10.5. The molecule has 0 atom stereocenters.